The van der Waals surface area contributed by atoms with Gasteiger partial charge in [-0.05, 0) is 24.3 Å². The topological polar surface area (TPSA) is 112 Å². The highest BCUT2D eigenvalue weighted by Gasteiger charge is 1.96. The molecule has 1 aliphatic heterocycles. The zero-order valence-corrected chi connectivity index (χ0v) is 20.6. The first-order valence-electron chi connectivity index (χ1n) is 12.1. The molecule has 0 saturated carbocycles. The first kappa shape index (κ1) is 27.4. The van der Waals surface area contributed by atoms with Crippen LogP contribution in [0, 0.1) is 0 Å². The van der Waals surface area contributed by atoms with E-state index in [-0.39, 0.29) is 0 Å². The molecule has 3 rings (SSSR count). The Hall–Kier alpha value is -3.18. The van der Waals surface area contributed by atoms with E-state index < -0.39 is 0 Å². The Bertz CT molecular complexity index is 846. The molecule has 3 heterocycles. The zero-order valence-electron chi connectivity index (χ0n) is 20.6. The van der Waals surface area contributed by atoms with E-state index in [0.717, 1.165) is 22.8 Å². The van der Waals surface area contributed by atoms with Crippen molar-refractivity contribution in [1.82, 2.24) is 9.97 Å². The number of aromatic nitrogens is 2. The van der Waals surface area contributed by atoms with Gasteiger partial charge in [-0.15, -0.1) is 0 Å². The molecule has 2 aromatic heterocycles. The van der Waals surface area contributed by atoms with Gasteiger partial charge >= 0.3 is 0 Å². The molecule has 2 aromatic rings. The second-order valence-electron chi connectivity index (χ2n) is 7.57. The highest BCUT2D eigenvalue weighted by Crippen LogP contribution is 1.97. The van der Waals surface area contributed by atoms with E-state index in [1.807, 2.05) is 36.4 Å². The third-order valence-electron chi connectivity index (χ3n) is 4.68. The fourth-order valence-corrected chi connectivity index (χ4v) is 2.97. The molecule has 1 aliphatic rings. The average Bonchev–Trinajstić information content (AvgIpc) is 2.90. The van der Waals surface area contributed by atoms with Crippen molar-refractivity contribution in [3.05, 3.63) is 59.2 Å². The lowest BCUT2D eigenvalue weighted by Gasteiger charge is -2.04. The fourth-order valence-electron chi connectivity index (χ4n) is 2.97. The van der Waals surface area contributed by atoms with Crippen LogP contribution in [0.2, 0.25) is 0 Å². The Morgan fingerprint density at radius 1 is 0.389 bits per heavy atom. The van der Waals surface area contributed by atoms with Gasteiger partial charge in [0.1, 0.15) is 0 Å². The minimum atomic E-state index is 0.515. The van der Waals surface area contributed by atoms with Gasteiger partial charge in [0.25, 0.3) is 0 Å². The molecule has 0 aliphatic carbocycles. The van der Waals surface area contributed by atoms with Crippen LogP contribution in [0.3, 0.4) is 0 Å². The molecule has 0 saturated heterocycles. The van der Waals surface area contributed by atoms with Crippen molar-refractivity contribution in [2.24, 2.45) is 20.0 Å². The maximum absolute atomic E-state index is 5.55. The fraction of sp³-hybridized carbons (Fsp3) is 0.462. The van der Waals surface area contributed by atoms with E-state index in [9.17, 15) is 0 Å². The molecular formula is C26H34N6O4. The summed E-state index contributed by atoms with van der Waals surface area (Å²) in [5.41, 5.74) is 3.12. The minimum Gasteiger partial charge on any atom is -0.377 e. The SMILES string of the molecule is C1=NCCOCCOCCN=Cc2cccc(n2)C=NCCOCCOCCN=Cc2cccc1n2. The summed E-state index contributed by atoms with van der Waals surface area (Å²) >= 11 is 0. The molecule has 192 valence electrons. The Kier molecular flexibility index (Phi) is 13.8. The van der Waals surface area contributed by atoms with E-state index in [1.165, 1.54) is 0 Å². The molecule has 0 radical (unpaired) electrons. The third-order valence-corrected chi connectivity index (χ3v) is 4.68. The number of ether oxygens (including phenoxy) is 4. The molecule has 10 nitrogen and oxygen atoms in total. The van der Waals surface area contributed by atoms with Crippen LogP contribution in [-0.4, -0.2) is 114 Å². The monoisotopic (exact) mass is 494 g/mol. The normalized spacial score (nSPS) is 18.0. The van der Waals surface area contributed by atoms with E-state index in [0.29, 0.717) is 79.0 Å². The van der Waals surface area contributed by atoms with Crippen molar-refractivity contribution in [2.75, 3.05) is 79.0 Å². The number of aliphatic imine (C=N–C) groups is 4. The van der Waals surface area contributed by atoms with E-state index in [1.54, 1.807) is 24.9 Å². The number of rotatable bonds is 0. The summed E-state index contributed by atoms with van der Waals surface area (Å²) in [6.07, 6.45) is 6.97. The number of hydrogen-bond donors (Lipinski definition) is 0. The van der Waals surface area contributed by atoms with Crippen molar-refractivity contribution in [3.8, 4) is 0 Å². The van der Waals surface area contributed by atoms with Gasteiger partial charge in [-0.1, -0.05) is 12.1 Å². The third kappa shape index (κ3) is 12.5. The Morgan fingerprint density at radius 3 is 0.944 bits per heavy atom. The quantitative estimate of drug-likeness (QED) is 0.553. The summed E-state index contributed by atoms with van der Waals surface area (Å²) in [7, 11) is 0. The Balaban J connectivity index is 1.46. The number of fused-ring (bicyclic) bond motifs is 4. The summed E-state index contributed by atoms with van der Waals surface area (Å²) in [5, 5.41) is 0. The van der Waals surface area contributed by atoms with Crippen LogP contribution < -0.4 is 0 Å². The van der Waals surface area contributed by atoms with Gasteiger partial charge in [-0.2, -0.15) is 0 Å². The molecule has 0 N–H and O–H groups in total. The molecule has 4 bridgehead atoms. The lowest BCUT2D eigenvalue weighted by atomic mass is 10.3. The molecule has 0 fully saturated rings. The van der Waals surface area contributed by atoms with Crippen molar-refractivity contribution in [3.63, 3.8) is 0 Å². The highest BCUT2D eigenvalue weighted by molar-refractivity contribution is 5.82. The Morgan fingerprint density at radius 2 is 0.667 bits per heavy atom. The second kappa shape index (κ2) is 18.1. The summed E-state index contributed by atoms with van der Waals surface area (Å²) in [4.78, 5) is 26.5. The van der Waals surface area contributed by atoms with Crippen LogP contribution in [-0.2, 0) is 18.9 Å². The van der Waals surface area contributed by atoms with Crippen LogP contribution in [0.15, 0.2) is 56.4 Å². The Labute approximate surface area is 212 Å². The molecule has 36 heavy (non-hydrogen) atoms. The van der Waals surface area contributed by atoms with Crippen molar-refractivity contribution in [2.45, 2.75) is 0 Å². The van der Waals surface area contributed by atoms with Crippen LogP contribution in [0.4, 0.5) is 0 Å². The maximum atomic E-state index is 5.55. The minimum absolute atomic E-state index is 0.515. The predicted molar refractivity (Wildman–Crippen MR) is 142 cm³/mol. The van der Waals surface area contributed by atoms with E-state index in [2.05, 4.69) is 29.9 Å². The second-order valence-corrected chi connectivity index (χ2v) is 7.57. The highest BCUT2D eigenvalue weighted by atomic mass is 16.5. The van der Waals surface area contributed by atoms with Gasteiger partial charge in [0.2, 0.25) is 0 Å². The number of hydrogen-bond acceptors (Lipinski definition) is 10. The number of nitrogens with zero attached hydrogens (tertiary/aromatic N) is 6. The van der Waals surface area contributed by atoms with Crippen LogP contribution in [0.25, 0.3) is 0 Å². The van der Waals surface area contributed by atoms with Gasteiger partial charge in [0.05, 0.1) is 102 Å². The van der Waals surface area contributed by atoms with Crippen molar-refractivity contribution < 1.29 is 18.9 Å². The average molecular weight is 495 g/mol. The van der Waals surface area contributed by atoms with Gasteiger partial charge in [-0.25, -0.2) is 9.97 Å². The summed E-state index contributed by atoms with van der Waals surface area (Å²) in [6, 6.07) is 11.5. The van der Waals surface area contributed by atoms with E-state index in [4.69, 9.17) is 18.9 Å². The smallest absolute Gasteiger partial charge is 0.0815 e. The first-order chi connectivity index (χ1) is 17.9. The summed E-state index contributed by atoms with van der Waals surface area (Å²) in [6.45, 7) is 6.38. The zero-order chi connectivity index (χ0) is 24.9. The van der Waals surface area contributed by atoms with Gasteiger partial charge in [-0.3, -0.25) is 20.0 Å². The standard InChI is InChI=1S/C26H34N6O4/c1-3-23-19-27-7-11-33-15-17-35-13-9-29-21-25-5-2-6-26(32-25)22-30-10-14-36-18-16-34-12-8-28-20-24(4-1)31-23/h1-6,19-22H,7-18H2. The van der Waals surface area contributed by atoms with Crippen molar-refractivity contribution in [1.29, 1.82) is 0 Å². The molecule has 0 amide bonds. The number of pyridine rings is 2. The van der Waals surface area contributed by atoms with Crippen LogP contribution in [0.5, 0.6) is 0 Å². The van der Waals surface area contributed by atoms with Gasteiger partial charge < -0.3 is 18.9 Å². The van der Waals surface area contributed by atoms with Crippen LogP contribution in [0.1, 0.15) is 22.8 Å². The predicted octanol–water partition coefficient (Wildman–Crippen LogP) is 1.93. The lowest BCUT2D eigenvalue weighted by molar-refractivity contribution is 0.0541. The lowest BCUT2D eigenvalue weighted by Crippen LogP contribution is -2.09. The largest absolute Gasteiger partial charge is 0.377 e. The first-order valence-corrected chi connectivity index (χ1v) is 12.1. The molecule has 10 heteroatoms. The van der Waals surface area contributed by atoms with Gasteiger partial charge in [0.15, 0.2) is 0 Å². The van der Waals surface area contributed by atoms with E-state index >= 15 is 0 Å². The summed E-state index contributed by atoms with van der Waals surface area (Å²) < 4.78 is 22.2. The maximum Gasteiger partial charge on any atom is 0.0815 e. The molecule has 0 aromatic carbocycles. The van der Waals surface area contributed by atoms with Gasteiger partial charge in [0, 0.05) is 24.9 Å². The van der Waals surface area contributed by atoms with Crippen molar-refractivity contribution >= 4 is 24.9 Å². The van der Waals surface area contributed by atoms with Crippen LogP contribution >= 0.6 is 0 Å². The summed E-state index contributed by atoms with van der Waals surface area (Å²) in [5.74, 6) is 0. The molecule has 0 spiro atoms. The molecule has 0 unspecified atom stereocenters. The molecule has 0 atom stereocenters. The molecular weight excluding hydrogens is 460 g/mol.